The van der Waals surface area contributed by atoms with E-state index >= 15 is 0 Å². The van der Waals surface area contributed by atoms with E-state index in [0.29, 0.717) is 5.41 Å². The van der Waals surface area contributed by atoms with Crippen molar-refractivity contribution < 1.29 is 4.39 Å². The summed E-state index contributed by atoms with van der Waals surface area (Å²) in [6, 6.07) is 6.78. The van der Waals surface area contributed by atoms with Gasteiger partial charge >= 0.3 is 0 Å². The average molecular weight is 250 g/mol. The molecule has 0 amide bonds. The van der Waals surface area contributed by atoms with Crippen LogP contribution in [0.25, 0.3) is 0 Å². The Balaban J connectivity index is 2.04. The van der Waals surface area contributed by atoms with Crippen LogP contribution in [0.2, 0.25) is 0 Å². The summed E-state index contributed by atoms with van der Waals surface area (Å²) in [7, 11) is 2.10. The fourth-order valence-electron chi connectivity index (χ4n) is 3.04. The van der Waals surface area contributed by atoms with Gasteiger partial charge in [-0.15, -0.1) is 0 Å². The molecule has 0 spiro atoms. The van der Waals surface area contributed by atoms with Crippen molar-refractivity contribution in [3.63, 3.8) is 0 Å². The maximum Gasteiger partial charge on any atom is 0.123 e. The Labute approximate surface area is 109 Å². The molecule has 0 aliphatic carbocycles. The van der Waals surface area contributed by atoms with Crippen molar-refractivity contribution in [1.29, 1.82) is 0 Å². The first-order valence-electron chi connectivity index (χ1n) is 6.83. The van der Waals surface area contributed by atoms with Crippen molar-refractivity contribution in [2.24, 2.45) is 5.41 Å². The molecular weight excluding hydrogens is 227 g/mol. The molecule has 100 valence electrons. The minimum Gasteiger partial charge on any atom is -0.374 e. The lowest BCUT2D eigenvalue weighted by Gasteiger charge is -2.34. The minimum absolute atomic E-state index is 0.169. The molecule has 2 nitrogen and oxygen atoms in total. The van der Waals surface area contributed by atoms with E-state index < -0.39 is 0 Å². The summed E-state index contributed by atoms with van der Waals surface area (Å²) in [6.45, 7) is 5.51. The number of benzene rings is 1. The molecular formula is C15H23FN2. The molecule has 1 aromatic rings. The lowest BCUT2D eigenvalue weighted by atomic mass is 9.82. The van der Waals surface area contributed by atoms with E-state index in [9.17, 15) is 4.39 Å². The Morgan fingerprint density at radius 1 is 1.33 bits per heavy atom. The normalized spacial score (nSPS) is 23.3. The fourth-order valence-corrected chi connectivity index (χ4v) is 3.04. The topological polar surface area (TPSA) is 15.3 Å². The summed E-state index contributed by atoms with van der Waals surface area (Å²) >= 11 is 0. The van der Waals surface area contributed by atoms with E-state index in [4.69, 9.17) is 0 Å². The van der Waals surface area contributed by atoms with Crippen LogP contribution in [0.3, 0.4) is 0 Å². The van der Waals surface area contributed by atoms with Gasteiger partial charge in [0.2, 0.25) is 0 Å². The quantitative estimate of drug-likeness (QED) is 0.864. The highest BCUT2D eigenvalue weighted by Gasteiger charge is 2.33. The zero-order valence-electron chi connectivity index (χ0n) is 11.4. The van der Waals surface area contributed by atoms with Gasteiger partial charge in [0.05, 0.1) is 0 Å². The van der Waals surface area contributed by atoms with Gasteiger partial charge in [0.25, 0.3) is 0 Å². The van der Waals surface area contributed by atoms with Crippen LogP contribution in [0.5, 0.6) is 0 Å². The van der Waals surface area contributed by atoms with Crippen molar-refractivity contribution in [3.05, 3.63) is 30.1 Å². The van der Waals surface area contributed by atoms with Crippen molar-refractivity contribution in [3.8, 4) is 0 Å². The number of halogens is 1. The predicted molar refractivity (Wildman–Crippen MR) is 74.5 cm³/mol. The molecule has 0 radical (unpaired) electrons. The highest BCUT2D eigenvalue weighted by atomic mass is 19.1. The first-order valence-corrected chi connectivity index (χ1v) is 6.83. The van der Waals surface area contributed by atoms with E-state index in [1.165, 1.54) is 31.4 Å². The second kappa shape index (κ2) is 5.70. The largest absolute Gasteiger partial charge is 0.374 e. The number of nitrogens with one attached hydrogen (secondary N) is 1. The van der Waals surface area contributed by atoms with Gasteiger partial charge in [-0.25, -0.2) is 4.39 Å². The van der Waals surface area contributed by atoms with Crippen LogP contribution in [-0.4, -0.2) is 26.7 Å². The van der Waals surface area contributed by atoms with E-state index in [-0.39, 0.29) is 5.82 Å². The molecule has 0 aromatic heterocycles. The van der Waals surface area contributed by atoms with Crippen molar-refractivity contribution in [1.82, 2.24) is 5.32 Å². The van der Waals surface area contributed by atoms with Crippen molar-refractivity contribution >= 4 is 5.69 Å². The Kier molecular flexibility index (Phi) is 4.23. The van der Waals surface area contributed by atoms with Gasteiger partial charge in [-0.05, 0) is 43.7 Å². The van der Waals surface area contributed by atoms with Gasteiger partial charge in [-0.2, -0.15) is 0 Å². The van der Waals surface area contributed by atoms with Gasteiger partial charge in [-0.3, -0.25) is 0 Å². The molecule has 1 heterocycles. The Morgan fingerprint density at radius 3 is 2.61 bits per heavy atom. The summed E-state index contributed by atoms with van der Waals surface area (Å²) < 4.78 is 12.9. The second-order valence-corrected chi connectivity index (χ2v) is 5.51. The molecule has 1 aliphatic rings. The highest BCUT2D eigenvalue weighted by Crippen LogP contribution is 2.33. The number of rotatable bonds is 5. The van der Waals surface area contributed by atoms with Gasteiger partial charge in [0.1, 0.15) is 5.82 Å². The predicted octanol–water partition coefficient (Wildman–Crippen LogP) is 3.04. The standard InChI is InChI=1S/C15H23FN2/c1-3-8-15(9-10-17-11-15)12-18(2)14-6-4-13(16)5-7-14/h4-7,17H,3,8-12H2,1-2H3. The number of anilines is 1. The molecule has 2 rings (SSSR count). The lowest BCUT2D eigenvalue weighted by Crippen LogP contribution is -2.37. The molecule has 1 atom stereocenters. The maximum absolute atomic E-state index is 12.9. The minimum atomic E-state index is -0.169. The van der Waals surface area contributed by atoms with Crippen LogP contribution in [0, 0.1) is 11.2 Å². The third-order valence-corrected chi connectivity index (χ3v) is 3.95. The van der Waals surface area contributed by atoms with Crippen molar-refractivity contribution in [2.45, 2.75) is 26.2 Å². The molecule has 0 saturated carbocycles. The molecule has 0 bridgehead atoms. The first kappa shape index (κ1) is 13.3. The third kappa shape index (κ3) is 3.02. The van der Waals surface area contributed by atoms with Crippen LogP contribution in [0.4, 0.5) is 10.1 Å². The van der Waals surface area contributed by atoms with Crippen LogP contribution in [0.1, 0.15) is 26.2 Å². The van der Waals surface area contributed by atoms with Crippen LogP contribution in [0.15, 0.2) is 24.3 Å². The summed E-state index contributed by atoms with van der Waals surface area (Å²) in [6.07, 6.45) is 3.72. The van der Waals surface area contributed by atoms with E-state index in [1.54, 1.807) is 0 Å². The zero-order valence-corrected chi connectivity index (χ0v) is 11.4. The number of nitrogens with zero attached hydrogens (tertiary/aromatic N) is 1. The lowest BCUT2D eigenvalue weighted by molar-refractivity contribution is 0.299. The van der Waals surface area contributed by atoms with Crippen LogP contribution < -0.4 is 10.2 Å². The van der Waals surface area contributed by atoms with E-state index in [1.807, 2.05) is 12.1 Å². The SMILES string of the molecule is CCCC1(CN(C)c2ccc(F)cc2)CCNC1. The van der Waals surface area contributed by atoms with Gasteiger partial charge < -0.3 is 10.2 Å². The fraction of sp³-hybridized carbons (Fsp3) is 0.600. The average Bonchev–Trinajstić information content (AvgIpc) is 2.79. The molecule has 1 aromatic carbocycles. The molecule has 1 N–H and O–H groups in total. The Morgan fingerprint density at radius 2 is 2.06 bits per heavy atom. The molecule has 3 heteroatoms. The third-order valence-electron chi connectivity index (χ3n) is 3.95. The van der Waals surface area contributed by atoms with E-state index in [2.05, 4.69) is 24.2 Å². The summed E-state index contributed by atoms with van der Waals surface area (Å²) in [4.78, 5) is 2.25. The monoisotopic (exact) mass is 250 g/mol. The van der Waals surface area contributed by atoms with Gasteiger partial charge in [0, 0.05) is 31.2 Å². The number of hydrogen-bond donors (Lipinski definition) is 1. The molecule has 18 heavy (non-hydrogen) atoms. The van der Waals surface area contributed by atoms with E-state index in [0.717, 1.165) is 25.3 Å². The highest BCUT2D eigenvalue weighted by molar-refractivity contribution is 5.45. The Hall–Kier alpha value is -1.09. The Bertz CT molecular complexity index is 369. The van der Waals surface area contributed by atoms with Gasteiger partial charge in [0.15, 0.2) is 0 Å². The summed E-state index contributed by atoms with van der Waals surface area (Å²) in [5, 5.41) is 3.48. The summed E-state index contributed by atoms with van der Waals surface area (Å²) in [5.41, 5.74) is 1.48. The smallest absolute Gasteiger partial charge is 0.123 e. The first-order chi connectivity index (χ1) is 8.65. The van der Waals surface area contributed by atoms with Crippen LogP contribution >= 0.6 is 0 Å². The molecule has 1 unspecified atom stereocenters. The molecule has 1 aliphatic heterocycles. The molecule has 1 saturated heterocycles. The second-order valence-electron chi connectivity index (χ2n) is 5.51. The summed E-state index contributed by atoms with van der Waals surface area (Å²) in [5.74, 6) is -0.169. The van der Waals surface area contributed by atoms with Crippen molar-refractivity contribution in [2.75, 3.05) is 31.6 Å². The molecule has 1 fully saturated rings. The maximum atomic E-state index is 12.9. The zero-order chi connectivity index (χ0) is 13.0. The van der Waals surface area contributed by atoms with Gasteiger partial charge in [-0.1, -0.05) is 13.3 Å². The number of hydrogen-bond acceptors (Lipinski definition) is 2. The van der Waals surface area contributed by atoms with Crippen LogP contribution in [-0.2, 0) is 0 Å².